The molecule has 1 saturated heterocycles. The summed E-state index contributed by atoms with van der Waals surface area (Å²) in [6, 6.07) is 7.51. The van der Waals surface area contributed by atoms with Gasteiger partial charge in [-0.15, -0.1) is 24.8 Å². The molecule has 0 atom stereocenters. The molecule has 2 N–H and O–H groups in total. The fraction of sp³-hybridized carbons (Fsp3) is 0.611. The highest BCUT2D eigenvalue weighted by Gasteiger charge is 2.40. The third-order valence-corrected chi connectivity index (χ3v) is 5.40. The molecule has 1 heterocycles. The van der Waals surface area contributed by atoms with Crippen LogP contribution >= 0.6 is 36.4 Å². The van der Waals surface area contributed by atoms with Crippen LogP contribution in [0.2, 0.25) is 5.02 Å². The fourth-order valence-corrected chi connectivity index (χ4v) is 3.75. The van der Waals surface area contributed by atoms with E-state index in [0.29, 0.717) is 11.6 Å². The van der Waals surface area contributed by atoms with E-state index in [9.17, 15) is 4.79 Å². The van der Waals surface area contributed by atoms with Gasteiger partial charge < -0.3 is 15.4 Å². The van der Waals surface area contributed by atoms with Crippen LogP contribution in [-0.2, 0) is 4.79 Å². The van der Waals surface area contributed by atoms with Crippen molar-refractivity contribution in [1.29, 1.82) is 0 Å². The van der Waals surface area contributed by atoms with Crippen molar-refractivity contribution in [3.05, 3.63) is 29.3 Å². The van der Waals surface area contributed by atoms with E-state index >= 15 is 0 Å². The van der Waals surface area contributed by atoms with Crippen molar-refractivity contribution in [3.8, 4) is 5.75 Å². The minimum atomic E-state index is -0.602. The Morgan fingerprint density at radius 2 is 1.73 bits per heavy atom. The molecule has 0 aromatic heterocycles. The van der Waals surface area contributed by atoms with Crippen LogP contribution in [0.15, 0.2) is 24.3 Å². The summed E-state index contributed by atoms with van der Waals surface area (Å²) in [5.74, 6) is 0.867. The first-order valence-electron chi connectivity index (χ1n) is 8.76. The van der Waals surface area contributed by atoms with Crippen molar-refractivity contribution in [2.75, 3.05) is 39.3 Å². The highest BCUT2D eigenvalue weighted by molar-refractivity contribution is 6.32. The molecule has 1 amide bonds. The molecule has 1 aromatic rings. The first-order chi connectivity index (χ1) is 11.6. The molecule has 1 aliphatic heterocycles. The lowest BCUT2D eigenvalue weighted by Gasteiger charge is -2.38. The highest BCUT2D eigenvalue weighted by atomic mass is 35.5. The van der Waals surface area contributed by atoms with Gasteiger partial charge in [-0.05, 0) is 25.0 Å². The van der Waals surface area contributed by atoms with Crippen LogP contribution in [0.4, 0.5) is 0 Å². The fourth-order valence-electron chi connectivity index (χ4n) is 3.56. The van der Waals surface area contributed by atoms with Gasteiger partial charge in [0.1, 0.15) is 12.4 Å². The largest absolute Gasteiger partial charge is 0.491 e. The highest BCUT2D eigenvalue weighted by Crippen LogP contribution is 2.29. The second-order valence-corrected chi connectivity index (χ2v) is 7.18. The Kier molecular flexibility index (Phi) is 9.48. The number of carbonyl (C=O) groups excluding carboxylic acids is 1. The van der Waals surface area contributed by atoms with E-state index in [4.69, 9.17) is 22.1 Å². The summed E-state index contributed by atoms with van der Waals surface area (Å²) >= 11 is 6.08. The third-order valence-electron chi connectivity index (χ3n) is 5.08. The maximum atomic E-state index is 12.6. The Hall–Kier alpha value is -0.720. The zero-order valence-electron chi connectivity index (χ0n) is 14.9. The molecule has 1 aromatic carbocycles. The number of amides is 1. The van der Waals surface area contributed by atoms with Crippen LogP contribution in [0.1, 0.15) is 25.7 Å². The average Bonchev–Trinajstić information content (AvgIpc) is 3.04. The molecular weight excluding hydrogens is 397 g/mol. The predicted octanol–water partition coefficient (Wildman–Crippen LogP) is 2.98. The zero-order valence-corrected chi connectivity index (χ0v) is 17.3. The van der Waals surface area contributed by atoms with Gasteiger partial charge in [-0.1, -0.05) is 36.6 Å². The van der Waals surface area contributed by atoms with Crippen molar-refractivity contribution < 1.29 is 9.53 Å². The Morgan fingerprint density at radius 3 is 2.35 bits per heavy atom. The summed E-state index contributed by atoms with van der Waals surface area (Å²) in [4.78, 5) is 16.9. The summed E-state index contributed by atoms with van der Waals surface area (Å²) < 4.78 is 5.74. The summed E-state index contributed by atoms with van der Waals surface area (Å²) in [6.45, 7) is 4.68. The van der Waals surface area contributed by atoms with Gasteiger partial charge in [0.2, 0.25) is 5.91 Å². The number of piperazine rings is 1. The second kappa shape index (κ2) is 10.6. The Balaban J connectivity index is 0.00000169. The van der Waals surface area contributed by atoms with Crippen molar-refractivity contribution in [2.24, 2.45) is 5.73 Å². The maximum absolute atomic E-state index is 12.6. The number of benzene rings is 1. The van der Waals surface area contributed by atoms with Gasteiger partial charge in [-0.2, -0.15) is 0 Å². The quantitative estimate of drug-likeness (QED) is 0.789. The number of para-hydroxylation sites is 1. The van der Waals surface area contributed by atoms with Crippen LogP contribution in [0.5, 0.6) is 5.75 Å². The summed E-state index contributed by atoms with van der Waals surface area (Å²) in [7, 11) is 0. The number of carbonyl (C=O) groups is 1. The standard InChI is InChI=1S/C18H26ClN3O2.2ClH/c19-15-5-1-2-6-16(15)24-14-13-21-9-11-22(12-10-21)17(23)18(20)7-3-4-8-18;;/h1-2,5-6H,3-4,7-14,20H2;2*1H. The number of ether oxygens (including phenoxy) is 1. The minimum absolute atomic E-state index is 0. The Bertz CT molecular complexity index is 575. The van der Waals surface area contributed by atoms with E-state index in [0.717, 1.165) is 64.2 Å². The van der Waals surface area contributed by atoms with E-state index in [-0.39, 0.29) is 30.7 Å². The number of nitrogens with two attached hydrogens (primary N) is 1. The van der Waals surface area contributed by atoms with E-state index in [1.807, 2.05) is 29.2 Å². The molecule has 1 aliphatic carbocycles. The lowest BCUT2D eigenvalue weighted by atomic mass is 9.97. The lowest BCUT2D eigenvalue weighted by Crippen LogP contribution is -2.58. The van der Waals surface area contributed by atoms with E-state index in [1.165, 1.54) is 0 Å². The molecule has 0 bridgehead atoms. The molecule has 8 heteroatoms. The molecule has 5 nitrogen and oxygen atoms in total. The van der Waals surface area contributed by atoms with Crippen molar-refractivity contribution in [2.45, 2.75) is 31.2 Å². The van der Waals surface area contributed by atoms with Gasteiger partial charge >= 0.3 is 0 Å². The van der Waals surface area contributed by atoms with Gasteiger partial charge in [0.05, 0.1) is 10.6 Å². The monoisotopic (exact) mass is 423 g/mol. The first kappa shape index (κ1) is 23.3. The number of hydrogen-bond acceptors (Lipinski definition) is 4. The van der Waals surface area contributed by atoms with Gasteiger partial charge in [-0.25, -0.2) is 0 Å². The van der Waals surface area contributed by atoms with Crippen molar-refractivity contribution in [1.82, 2.24) is 9.80 Å². The summed E-state index contributed by atoms with van der Waals surface area (Å²) in [5, 5.41) is 0.637. The van der Waals surface area contributed by atoms with Crippen LogP contribution in [0.25, 0.3) is 0 Å². The van der Waals surface area contributed by atoms with E-state index in [2.05, 4.69) is 4.90 Å². The maximum Gasteiger partial charge on any atom is 0.242 e. The first-order valence-corrected chi connectivity index (χ1v) is 9.14. The SMILES string of the molecule is Cl.Cl.NC1(C(=O)N2CCN(CCOc3ccccc3Cl)CC2)CCCC1. The molecular formula is C18H28Cl3N3O2. The van der Waals surface area contributed by atoms with Gasteiger partial charge in [0, 0.05) is 32.7 Å². The molecule has 2 fully saturated rings. The summed E-state index contributed by atoms with van der Waals surface area (Å²) in [5.41, 5.74) is 5.69. The van der Waals surface area contributed by atoms with Crippen molar-refractivity contribution in [3.63, 3.8) is 0 Å². The van der Waals surface area contributed by atoms with Gasteiger partial charge in [-0.3, -0.25) is 9.69 Å². The normalized spacial score (nSPS) is 19.4. The second-order valence-electron chi connectivity index (χ2n) is 6.78. The van der Waals surface area contributed by atoms with Gasteiger partial charge in [0.15, 0.2) is 0 Å². The molecule has 0 radical (unpaired) electrons. The minimum Gasteiger partial charge on any atom is -0.491 e. The smallest absolute Gasteiger partial charge is 0.242 e. The summed E-state index contributed by atoms with van der Waals surface area (Å²) in [6.07, 6.45) is 3.80. The molecule has 1 saturated carbocycles. The molecule has 0 unspecified atom stereocenters. The van der Waals surface area contributed by atoms with Gasteiger partial charge in [0.25, 0.3) is 0 Å². The molecule has 2 aliphatic rings. The number of nitrogens with zero attached hydrogens (tertiary/aromatic N) is 2. The lowest BCUT2D eigenvalue weighted by molar-refractivity contribution is -0.138. The van der Waals surface area contributed by atoms with Crippen LogP contribution < -0.4 is 10.5 Å². The van der Waals surface area contributed by atoms with Crippen LogP contribution in [-0.4, -0.2) is 60.6 Å². The van der Waals surface area contributed by atoms with Crippen LogP contribution in [0.3, 0.4) is 0 Å². The van der Waals surface area contributed by atoms with E-state index in [1.54, 1.807) is 0 Å². The predicted molar refractivity (Wildman–Crippen MR) is 110 cm³/mol. The van der Waals surface area contributed by atoms with E-state index < -0.39 is 5.54 Å². The van der Waals surface area contributed by atoms with Crippen LogP contribution in [0, 0.1) is 0 Å². The average molecular weight is 425 g/mol. The molecule has 0 spiro atoms. The number of halogens is 3. The molecule has 26 heavy (non-hydrogen) atoms. The number of hydrogen-bond donors (Lipinski definition) is 1. The molecule has 148 valence electrons. The number of rotatable bonds is 5. The Morgan fingerprint density at radius 1 is 1.12 bits per heavy atom. The molecule has 3 rings (SSSR count). The topological polar surface area (TPSA) is 58.8 Å². The third kappa shape index (κ3) is 5.64. The Labute approximate surface area is 173 Å². The zero-order chi connectivity index (χ0) is 17.0. The van der Waals surface area contributed by atoms with Crippen molar-refractivity contribution >= 4 is 42.3 Å².